The summed E-state index contributed by atoms with van der Waals surface area (Å²) in [6.45, 7) is 0.745. The summed E-state index contributed by atoms with van der Waals surface area (Å²) in [6, 6.07) is 6.66. The highest BCUT2D eigenvalue weighted by molar-refractivity contribution is 5.96. The number of benzene rings is 1. The number of esters is 1. The Morgan fingerprint density at radius 1 is 1.20 bits per heavy atom. The lowest BCUT2D eigenvalue weighted by Crippen LogP contribution is -2.29. The van der Waals surface area contributed by atoms with Crippen molar-refractivity contribution in [3.05, 3.63) is 29.8 Å². The second kappa shape index (κ2) is 9.17. The molecule has 0 aromatic heterocycles. The van der Waals surface area contributed by atoms with Crippen LogP contribution < -0.4 is 16.4 Å². The molecule has 7 heteroatoms. The van der Waals surface area contributed by atoms with Crippen molar-refractivity contribution in [2.24, 2.45) is 17.6 Å². The highest BCUT2D eigenvalue weighted by Crippen LogP contribution is 2.31. The number of nitrogens with two attached hydrogens (primary N) is 1. The second-order valence-electron chi connectivity index (χ2n) is 6.18. The van der Waals surface area contributed by atoms with E-state index in [4.69, 9.17) is 5.73 Å². The third-order valence-corrected chi connectivity index (χ3v) is 4.56. The minimum atomic E-state index is -0.374. The van der Waals surface area contributed by atoms with E-state index in [-0.39, 0.29) is 42.6 Å². The summed E-state index contributed by atoms with van der Waals surface area (Å²) in [5.74, 6) is -0.448. The normalized spacial score (nSPS) is 19.3. The van der Waals surface area contributed by atoms with Crippen molar-refractivity contribution in [3.8, 4) is 0 Å². The molecule has 0 aliphatic heterocycles. The number of methoxy groups -OCH3 is 1. The molecule has 2 amide bonds. The SMILES string of the molecule is COC(=O)CCNC(=O)c1ccc(NC(=O)[C@@H]2CCC[C@@H]2CN)cc1. The molecule has 7 nitrogen and oxygen atoms in total. The first-order chi connectivity index (χ1) is 12.0. The second-order valence-corrected chi connectivity index (χ2v) is 6.18. The van der Waals surface area contributed by atoms with Crippen LogP contribution in [0.2, 0.25) is 0 Å². The maximum atomic E-state index is 12.3. The van der Waals surface area contributed by atoms with Crippen LogP contribution in [0.5, 0.6) is 0 Å². The summed E-state index contributed by atoms with van der Waals surface area (Å²) in [6.07, 6.45) is 3.03. The summed E-state index contributed by atoms with van der Waals surface area (Å²) >= 11 is 0. The van der Waals surface area contributed by atoms with Gasteiger partial charge in [0, 0.05) is 23.7 Å². The zero-order chi connectivity index (χ0) is 18.2. The smallest absolute Gasteiger partial charge is 0.307 e. The predicted molar refractivity (Wildman–Crippen MR) is 93.9 cm³/mol. The van der Waals surface area contributed by atoms with E-state index in [1.165, 1.54) is 7.11 Å². The van der Waals surface area contributed by atoms with Gasteiger partial charge in [-0.25, -0.2) is 0 Å². The van der Waals surface area contributed by atoms with Crippen LogP contribution in [0.25, 0.3) is 0 Å². The third kappa shape index (κ3) is 5.29. The van der Waals surface area contributed by atoms with Crippen LogP contribution >= 0.6 is 0 Å². The highest BCUT2D eigenvalue weighted by atomic mass is 16.5. The molecular weight excluding hydrogens is 322 g/mol. The number of amides is 2. The third-order valence-electron chi connectivity index (χ3n) is 4.56. The van der Waals surface area contributed by atoms with Gasteiger partial charge in [-0.05, 0) is 49.6 Å². The van der Waals surface area contributed by atoms with Gasteiger partial charge in [-0.15, -0.1) is 0 Å². The van der Waals surface area contributed by atoms with E-state index < -0.39 is 0 Å². The number of ether oxygens (including phenoxy) is 1. The van der Waals surface area contributed by atoms with Crippen LogP contribution in [0.3, 0.4) is 0 Å². The Labute approximate surface area is 147 Å². The van der Waals surface area contributed by atoms with Crippen molar-refractivity contribution in [2.75, 3.05) is 25.5 Å². The molecule has 1 saturated carbocycles. The van der Waals surface area contributed by atoms with Crippen LogP contribution in [0.4, 0.5) is 5.69 Å². The number of hydrogen-bond acceptors (Lipinski definition) is 5. The molecular formula is C18H25N3O4. The fraction of sp³-hybridized carbons (Fsp3) is 0.500. The van der Waals surface area contributed by atoms with Gasteiger partial charge in [0.2, 0.25) is 5.91 Å². The fourth-order valence-electron chi connectivity index (χ4n) is 3.09. The van der Waals surface area contributed by atoms with Crippen molar-refractivity contribution in [3.63, 3.8) is 0 Å². The van der Waals surface area contributed by atoms with Gasteiger partial charge in [0.25, 0.3) is 5.91 Å². The van der Waals surface area contributed by atoms with E-state index in [1.54, 1.807) is 24.3 Å². The number of nitrogens with one attached hydrogen (secondary N) is 2. The zero-order valence-electron chi connectivity index (χ0n) is 14.4. The number of carbonyl (C=O) groups is 3. The lowest BCUT2D eigenvalue weighted by Gasteiger charge is -2.17. The Bertz CT molecular complexity index is 615. The Kier molecular flexibility index (Phi) is 6.94. The van der Waals surface area contributed by atoms with Crippen LogP contribution in [-0.2, 0) is 14.3 Å². The predicted octanol–water partition coefficient (Wildman–Crippen LogP) is 1.29. The molecule has 0 radical (unpaired) electrons. The maximum Gasteiger partial charge on any atom is 0.307 e. The maximum absolute atomic E-state index is 12.3. The molecule has 0 saturated heterocycles. The van der Waals surface area contributed by atoms with Crippen molar-refractivity contribution < 1.29 is 19.1 Å². The van der Waals surface area contributed by atoms with Crippen molar-refractivity contribution >= 4 is 23.5 Å². The summed E-state index contributed by atoms with van der Waals surface area (Å²) in [5, 5.41) is 5.53. The van der Waals surface area contributed by atoms with E-state index >= 15 is 0 Å². The first kappa shape index (κ1) is 18.9. The molecule has 1 aromatic rings. The molecule has 2 atom stereocenters. The molecule has 25 heavy (non-hydrogen) atoms. The van der Waals surface area contributed by atoms with Gasteiger partial charge in [0.05, 0.1) is 13.5 Å². The lowest BCUT2D eigenvalue weighted by molar-refractivity contribution is -0.140. The summed E-state index contributed by atoms with van der Waals surface area (Å²) in [7, 11) is 1.30. The van der Waals surface area contributed by atoms with Crippen molar-refractivity contribution in [2.45, 2.75) is 25.7 Å². The van der Waals surface area contributed by atoms with Crippen molar-refractivity contribution in [1.82, 2.24) is 5.32 Å². The average molecular weight is 347 g/mol. The van der Waals surface area contributed by atoms with E-state index in [1.807, 2.05) is 0 Å². The number of carbonyl (C=O) groups excluding carboxylic acids is 3. The van der Waals surface area contributed by atoms with E-state index in [2.05, 4.69) is 15.4 Å². The summed E-state index contributed by atoms with van der Waals surface area (Å²) in [5.41, 5.74) is 6.84. The fourth-order valence-corrected chi connectivity index (χ4v) is 3.09. The molecule has 1 aliphatic carbocycles. The monoisotopic (exact) mass is 347 g/mol. The summed E-state index contributed by atoms with van der Waals surface area (Å²) in [4.78, 5) is 35.3. The van der Waals surface area contributed by atoms with Gasteiger partial charge < -0.3 is 21.1 Å². The average Bonchev–Trinajstić information content (AvgIpc) is 3.11. The van der Waals surface area contributed by atoms with Gasteiger partial charge >= 0.3 is 5.97 Å². The molecule has 136 valence electrons. The van der Waals surface area contributed by atoms with Gasteiger partial charge in [-0.3, -0.25) is 14.4 Å². The molecule has 2 rings (SSSR count). The minimum absolute atomic E-state index is 0.0109. The molecule has 0 heterocycles. The molecule has 0 spiro atoms. The summed E-state index contributed by atoms with van der Waals surface area (Å²) < 4.78 is 4.51. The van der Waals surface area contributed by atoms with Crippen LogP contribution in [-0.4, -0.2) is 38.0 Å². The van der Waals surface area contributed by atoms with E-state index in [0.717, 1.165) is 19.3 Å². The molecule has 4 N–H and O–H groups in total. The van der Waals surface area contributed by atoms with Crippen LogP contribution in [0, 0.1) is 11.8 Å². The number of anilines is 1. The van der Waals surface area contributed by atoms with Gasteiger partial charge in [-0.2, -0.15) is 0 Å². The van der Waals surface area contributed by atoms with Gasteiger partial charge in [-0.1, -0.05) is 6.42 Å². The van der Waals surface area contributed by atoms with Gasteiger partial charge in [0.1, 0.15) is 0 Å². The lowest BCUT2D eigenvalue weighted by atomic mass is 9.95. The highest BCUT2D eigenvalue weighted by Gasteiger charge is 2.31. The minimum Gasteiger partial charge on any atom is -0.469 e. The van der Waals surface area contributed by atoms with Crippen LogP contribution in [0.15, 0.2) is 24.3 Å². The van der Waals surface area contributed by atoms with E-state index in [0.29, 0.717) is 17.8 Å². The topological polar surface area (TPSA) is 111 Å². The molecule has 1 aliphatic rings. The van der Waals surface area contributed by atoms with E-state index in [9.17, 15) is 14.4 Å². The largest absolute Gasteiger partial charge is 0.469 e. The number of hydrogen-bond donors (Lipinski definition) is 3. The van der Waals surface area contributed by atoms with Crippen molar-refractivity contribution in [1.29, 1.82) is 0 Å². The molecule has 0 unspecified atom stereocenters. The standard InChI is InChI=1S/C18H25N3O4/c1-25-16(22)9-10-20-17(23)12-5-7-14(8-6-12)21-18(24)15-4-2-3-13(15)11-19/h5-8,13,15H,2-4,9-11,19H2,1H3,(H,20,23)(H,21,24)/t13-,15-/m1/s1. The number of rotatable bonds is 7. The van der Waals surface area contributed by atoms with Crippen LogP contribution in [0.1, 0.15) is 36.0 Å². The Hall–Kier alpha value is -2.41. The first-order valence-electron chi connectivity index (χ1n) is 8.51. The molecule has 0 bridgehead atoms. The van der Waals surface area contributed by atoms with Gasteiger partial charge in [0.15, 0.2) is 0 Å². The first-order valence-corrected chi connectivity index (χ1v) is 8.51. The Balaban J connectivity index is 1.85. The quantitative estimate of drug-likeness (QED) is 0.644. The molecule has 1 aromatic carbocycles. The Morgan fingerprint density at radius 2 is 1.92 bits per heavy atom. The molecule has 1 fully saturated rings. The zero-order valence-corrected chi connectivity index (χ0v) is 14.4. The Morgan fingerprint density at radius 3 is 2.56 bits per heavy atom.